The number of ketones is 1. The van der Waals surface area contributed by atoms with Gasteiger partial charge < -0.3 is 4.74 Å². The monoisotopic (exact) mass is 272 g/mol. The molecule has 0 aromatic heterocycles. The number of allylic oxidation sites excluding steroid dienone is 2. The summed E-state index contributed by atoms with van der Waals surface area (Å²) in [6, 6.07) is 8.07. The summed E-state index contributed by atoms with van der Waals surface area (Å²) in [7, 11) is 1.67. The van der Waals surface area contributed by atoms with Gasteiger partial charge >= 0.3 is 0 Å². The summed E-state index contributed by atoms with van der Waals surface area (Å²) in [5.41, 5.74) is 2.42. The van der Waals surface area contributed by atoms with E-state index in [1.807, 2.05) is 32.1 Å². The highest BCUT2D eigenvalue weighted by atomic mass is 16.5. The van der Waals surface area contributed by atoms with E-state index in [2.05, 4.69) is 12.1 Å². The lowest BCUT2D eigenvalue weighted by Crippen LogP contribution is -2.21. The molecular formula is C18H24O2. The molecule has 20 heavy (non-hydrogen) atoms. The number of fused-ring (bicyclic) bond motifs is 1. The minimum atomic E-state index is 0.260. The van der Waals surface area contributed by atoms with Crippen molar-refractivity contribution in [3.05, 3.63) is 35.9 Å². The van der Waals surface area contributed by atoms with Gasteiger partial charge in [-0.1, -0.05) is 38.8 Å². The van der Waals surface area contributed by atoms with Gasteiger partial charge in [-0.15, -0.1) is 0 Å². The molecule has 0 heterocycles. The van der Waals surface area contributed by atoms with Crippen molar-refractivity contribution in [1.82, 2.24) is 0 Å². The lowest BCUT2D eigenvalue weighted by molar-refractivity contribution is -0.119. The maximum atomic E-state index is 12.0. The van der Waals surface area contributed by atoms with Crippen molar-refractivity contribution in [3.8, 4) is 5.75 Å². The molecule has 0 radical (unpaired) electrons. The Kier molecular flexibility index (Phi) is 4.99. The lowest BCUT2D eigenvalue weighted by Gasteiger charge is -2.26. The molecule has 0 N–H and O–H groups in total. The van der Waals surface area contributed by atoms with Gasteiger partial charge in [0.15, 0.2) is 5.78 Å². The molecule has 2 aliphatic carbocycles. The number of carbonyl (C=O) groups is 1. The predicted molar refractivity (Wildman–Crippen MR) is 82.8 cm³/mol. The van der Waals surface area contributed by atoms with Gasteiger partial charge in [-0.25, -0.2) is 0 Å². The summed E-state index contributed by atoms with van der Waals surface area (Å²) >= 11 is 0. The minimum absolute atomic E-state index is 0.260. The number of hydrogen-bond acceptors (Lipinski definition) is 2. The van der Waals surface area contributed by atoms with Crippen LogP contribution < -0.4 is 4.74 Å². The molecule has 1 saturated carbocycles. The zero-order chi connectivity index (χ0) is 14.5. The lowest BCUT2D eigenvalue weighted by atomic mass is 9.77. The zero-order valence-corrected chi connectivity index (χ0v) is 12.7. The largest absolute Gasteiger partial charge is 0.497 e. The van der Waals surface area contributed by atoms with E-state index < -0.39 is 0 Å². The fourth-order valence-corrected chi connectivity index (χ4v) is 3.29. The van der Waals surface area contributed by atoms with Crippen molar-refractivity contribution < 1.29 is 9.53 Å². The van der Waals surface area contributed by atoms with Gasteiger partial charge in [0.1, 0.15) is 5.75 Å². The van der Waals surface area contributed by atoms with E-state index in [-0.39, 0.29) is 5.92 Å². The molecular weight excluding hydrogens is 248 g/mol. The number of methoxy groups -OCH3 is 1. The molecule has 1 aromatic carbocycles. The first kappa shape index (κ1) is 14.8. The molecule has 2 atom stereocenters. The molecule has 0 amide bonds. The maximum Gasteiger partial charge on any atom is 0.159 e. The van der Waals surface area contributed by atoms with Crippen molar-refractivity contribution in [2.24, 2.45) is 11.8 Å². The molecule has 2 aliphatic rings. The molecule has 1 fully saturated rings. The van der Waals surface area contributed by atoms with Gasteiger partial charge in [-0.05, 0) is 48.1 Å². The third-order valence-electron chi connectivity index (χ3n) is 4.25. The fourth-order valence-electron chi connectivity index (χ4n) is 3.29. The zero-order valence-electron chi connectivity index (χ0n) is 12.7. The summed E-state index contributed by atoms with van der Waals surface area (Å²) in [4.78, 5) is 12.0. The van der Waals surface area contributed by atoms with Crippen LogP contribution in [0.25, 0.3) is 5.57 Å². The van der Waals surface area contributed by atoms with E-state index in [0.29, 0.717) is 11.7 Å². The van der Waals surface area contributed by atoms with Gasteiger partial charge in [0.05, 0.1) is 7.11 Å². The van der Waals surface area contributed by atoms with Gasteiger partial charge in [-0.2, -0.15) is 0 Å². The topological polar surface area (TPSA) is 26.3 Å². The average Bonchev–Trinajstić information content (AvgIpc) is 2.87. The number of rotatable bonds is 2. The van der Waals surface area contributed by atoms with E-state index in [4.69, 9.17) is 4.74 Å². The predicted octanol–water partition coefficient (Wildman–Crippen LogP) is 4.49. The van der Waals surface area contributed by atoms with Crippen LogP contribution in [0.3, 0.4) is 0 Å². The van der Waals surface area contributed by atoms with E-state index in [1.165, 1.54) is 24.0 Å². The maximum absolute atomic E-state index is 12.0. The van der Waals surface area contributed by atoms with Crippen LogP contribution in [0, 0.1) is 11.8 Å². The molecule has 3 rings (SSSR count). The van der Waals surface area contributed by atoms with Crippen LogP contribution in [0.4, 0.5) is 0 Å². The second kappa shape index (κ2) is 6.74. The number of benzene rings is 1. The molecule has 2 heteroatoms. The van der Waals surface area contributed by atoms with E-state index >= 15 is 0 Å². The van der Waals surface area contributed by atoms with Gasteiger partial charge in [-0.3, -0.25) is 4.79 Å². The standard InChI is InChI=1S/C16H18O2.C2H6/c1-18-12-8-6-11(7-9-12)15-10-16(17)14-5-3-2-4-13(14)15;1-2/h6-10,13-14H,2-5H2,1H3;1-2H3. The van der Waals surface area contributed by atoms with Crippen molar-refractivity contribution in [3.63, 3.8) is 0 Å². The van der Waals surface area contributed by atoms with Crippen molar-refractivity contribution in [1.29, 1.82) is 0 Å². The van der Waals surface area contributed by atoms with Gasteiger partial charge in [0, 0.05) is 5.92 Å². The Balaban J connectivity index is 0.000000704. The van der Waals surface area contributed by atoms with Crippen LogP contribution in [0.1, 0.15) is 45.1 Å². The summed E-state index contributed by atoms with van der Waals surface area (Å²) < 4.78 is 5.17. The van der Waals surface area contributed by atoms with E-state index in [9.17, 15) is 4.79 Å². The third-order valence-corrected chi connectivity index (χ3v) is 4.25. The Morgan fingerprint density at radius 3 is 2.20 bits per heavy atom. The third kappa shape index (κ3) is 2.79. The number of ether oxygens (including phenoxy) is 1. The quantitative estimate of drug-likeness (QED) is 0.792. The molecule has 2 nitrogen and oxygen atoms in total. The molecule has 108 valence electrons. The molecule has 0 saturated heterocycles. The molecule has 1 aromatic rings. The summed E-state index contributed by atoms with van der Waals surface area (Å²) in [5, 5.41) is 0. The second-order valence-corrected chi connectivity index (χ2v) is 5.23. The van der Waals surface area contributed by atoms with Crippen molar-refractivity contribution in [2.75, 3.05) is 7.11 Å². The van der Waals surface area contributed by atoms with Crippen molar-refractivity contribution >= 4 is 11.4 Å². The highest BCUT2D eigenvalue weighted by molar-refractivity contribution is 6.04. The second-order valence-electron chi connectivity index (χ2n) is 5.23. The SMILES string of the molecule is CC.COc1ccc(C2=CC(=O)C3CCCCC23)cc1. The highest BCUT2D eigenvalue weighted by Crippen LogP contribution is 2.44. The van der Waals surface area contributed by atoms with Crippen LogP contribution in [-0.4, -0.2) is 12.9 Å². The first-order valence-electron chi connectivity index (χ1n) is 7.69. The van der Waals surface area contributed by atoms with E-state index in [1.54, 1.807) is 7.11 Å². The summed E-state index contributed by atoms with van der Waals surface area (Å²) in [6.45, 7) is 4.00. The molecule has 2 unspecified atom stereocenters. The Morgan fingerprint density at radius 2 is 1.60 bits per heavy atom. The van der Waals surface area contributed by atoms with Crippen LogP contribution in [0.5, 0.6) is 5.75 Å². The fraction of sp³-hybridized carbons (Fsp3) is 0.500. The first-order valence-corrected chi connectivity index (χ1v) is 7.69. The Labute approximate surface area is 121 Å². The van der Waals surface area contributed by atoms with Gasteiger partial charge in [0.2, 0.25) is 0 Å². The average molecular weight is 272 g/mol. The normalized spacial score (nSPS) is 24.4. The highest BCUT2D eigenvalue weighted by Gasteiger charge is 2.37. The first-order chi connectivity index (χ1) is 9.79. The summed E-state index contributed by atoms with van der Waals surface area (Å²) in [6.07, 6.45) is 6.56. The molecule has 0 bridgehead atoms. The van der Waals surface area contributed by atoms with E-state index in [0.717, 1.165) is 18.6 Å². The smallest absolute Gasteiger partial charge is 0.159 e. The Hall–Kier alpha value is -1.57. The summed E-state index contributed by atoms with van der Waals surface area (Å²) in [5.74, 6) is 1.92. The number of carbonyl (C=O) groups excluding carboxylic acids is 1. The van der Waals surface area contributed by atoms with Crippen LogP contribution in [0.15, 0.2) is 30.3 Å². The number of hydrogen-bond donors (Lipinski definition) is 0. The van der Waals surface area contributed by atoms with Crippen molar-refractivity contribution in [2.45, 2.75) is 39.5 Å². The molecule has 0 aliphatic heterocycles. The van der Waals surface area contributed by atoms with Gasteiger partial charge in [0.25, 0.3) is 0 Å². The van der Waals surface area contributed by atoms with Crippen LogP contribution >= 0.6 is 0 Å². The Bertz CT molecular complexity index is 485. The van der Waals surface area contributed by atoms with Crippen LogP contribution in [0.2, 0.25) is 0 Å². The minimum Gasteiger partial charge on any atom is -0.497 e. The molecule has 0 spiro atoms. The van der Waals surface area contributed by atoms with Crippen LogP contribution in [-0.2, 0) is 4.79 Å². The Morgan fingerprint density at radius 1 is 1.00 bits per heavy atom.